The van der Waals surface area contributed by atoms with Gasteiger partial charge in [0.15, 0.2) is 6.10 Å². The number of esters is 1. The van der Waals surface area contributed by atoms with Crippen LogP contribution in [0.5, 0.6) is 0 Å². The molecule has 0 heterocycles. The topological polar surface area (TPSA) is 84.5 Å². The summed E-state index contributed by atoms with van der Waals surface area (Å²) in [4.78, 5) is 34.8. The van der Waals surface area contributed by atoms with Crippen molar-refractivity contribution < 1.29 is 19.1 Å². The van der Waals surface area contributed by atoms with E-state index < -0.39 is 24.0 Å². The van der Waals surface area contributed by atoms with Gasteiger partial charge in [-0.15, -0.1) is 0 Å². The molecule has 0 aliphatic heterocycles. The summed E-state index contributed by atoms with van der Waals surface area (Å²) in [6, 6.07) is 6.62. The molecule has 6 nitrogen and oxygen atoms in total. The van der Waals surface area contributed by atoms with Gasteiger partial charge < -0.3 is 10.1 Å². The van der Waals surface area contributed by atoms with E-state index >= 15 is 0 Å². The Balaban J connectivity index is 2.49. The summed E-state index contributed by atoms with van der Waals surface area (Å²) in [6.45, 7) is 4.92. The van der Waals surface area contributed by atoms with Crippen molar-refractivity contribution in [3.8, 4) is 0 Å². The number of imide groups is 1. The Morgan fingerprint density at radius 2 is 1.91 bits per heavy atom. The fourth-order valence-electron chi connectivity index (χ4n) is 1.55. The number of nitrogens with one attached hydrogen (secondary N) is 2. The van der Waals surface area contributed by atoms with E-state index in [1.165, 1.54) is 13.0 Å². The van der Waals surface area contributed by atoms with Crippen molar-refractivity contribution >= 4 is 39.9 Å². The Labute approximate surface area is 143 Å². The van der Waals surface area contributed by atoms with Crippen LogP contribution in [0.4, 0.5) is 4.79 Å². The second kappa shape index (κ2) is 9.09. The molecule has 0 unspecified atom stereocenters. The molecule has 1 aromatic carbocycles. The van der Waals surface area contributed by atoms with Gasteiger partial charge in [0, 0.05) is 16.6 Å². The van der Waals surface area contributed by atoms with E-state index in [1.54, 1.807) is 19.9 Å². The molecule has 2 N–H and O–H groups in total. The number of amides is 3. The monoisotopic (exact) mass is 382 g/mol. The van der Waals surface area contributed by atoms with Crippen LogP contribution in [-0.2, 0) is 14.3 Å². The number of hydrogen-bond donors (Lipinski definition) is 2. The second-order valence-corrected chi connectivity index (χ2v) is 6.00. The quantitative estimate of drug-likeness (QED) is 0.605. The molecule has 0 fully saturated rings. The van der Waals surface area contributed by atoms with Crippen molar-refractivity contribution in [3.05, 3.63) is 40.4 Å². The predicted octanol–water partition coefficient (Wildman–Crippen LogP) is 2.63. The minimum absolute atomic E-state index is 0.103. The normalized spacial score (nSPS) is 12.0. The van der Waals surface area contributed by atoms with Gasteiger partial charge in [0.2, 0.25) is 0 Å². The highest BCUT2D eigenvalue weighted by Gasteiger charge is 2.19. The van der Waals surface area contributed by atoms with Crippen LogP contribution in [0.25, 0.3) is 6.08 Å². The van der Waals surface area contributed by atoms with E-state index in [0.717, 1.165) is 10.0 Å². The molecule has 0 radical (unpaired) electrons. The Morgan fingerprint density at radius 3 is 2.52 bits per heavy atom. The van der Waals surface area contributed by atoms with Gasteiger partial charge in [-0.25, -0.2) is 9.59 Å². The van der Waals surface area contributed by atoms with E-state index in [0.29, 0.717) is 0 Å². The van der Waals surface area contributed by atoms with Crippen LogP contribution in [0.2, 0.25) is 0 Å². The average Bonchev–Trinajstić information content (AvgIpc) is 2.44. The summed E-state index contributed by atoms with van der Waals surface area (Å²) in [6.07, 6.45) is 1.72. The van der Waals surface area contributed by atoms with Crippen LogP contribution in [0.3, 0.4) is 0 Å². The van der Waals surface area contributed by atoms with Crippen molar-refractivity contribution in [3.63, 3.8) is 0 Å². The van der Waals surface area contributed by atoms with Gasteiger partial charge in [-0.2, -0.15) is 0 Å². The summed E-state index contributed by atoms with van der Waals surface area (Å²) in [5.41, 5.74) is 0.810. The number of carbonyl (C=O) groups is 3. The van der Waals surface area contributed by atoms with Crippen molar-refractivity contribution in [2.75, 3.05) is 0 Å². The minimum atomic E-state index is -1.08. The number of halogens is 1. The zero-order chi connectivity index (χ0) is 17.4. The van der Waals surface area contributed by atoms with Crippen molar-refractivity contribution in [2.24, 2.45) is 0 Å². The molecule has 7 heteroatoms. The summed E-state index contributed by atoms with van der Waals surface area (Å²) >= 11 is 3.33. The van der Waals surface area contributed by atoms with Gasteiger partial charge in [0.25, 0.3) is 5.91 Å². The van der Waals surface area contributed by atoms with Gasteiger partial charge in [-0.05, 0) is 44.5 Å². The fourth-order valence-corrected chi connectivity index (χ4v) is 1.97. The molecule has 0 aliphatic carbocycles. The molecule has 0 aromatic heterocycles. The first kappa shape index (κ1) is 18.9. The highest BCUT2D eigenvalue weighted by molar-refractivity contribution is 9.10. The number of carbonyl (C=O) groups excluding carboxylic acids is 3. The smallest absolute Gasteiger partial charge is 0.331 e. The first-order chi connectivity index (χ1) is 10.8. The van der Waals surface area contributed by atoms with Crippen LogP contribution < -0.4 is 10.6 Å². The first-order valence-corrected chi connectivity index (χ1v) is 7.83. The zero-order valence-electron chi connectivity index (χ0n) is 13.1. The van der Waals surface area contributed by atoms with E-state index in [1.807, 2.05) is 24.3 Å². The fraction of sp³-hybridized carbons (Fsp3) is 0.312. The lowest BCUT2D eigenvalue weighted by atomic mass is 10.2. The van der Waals surface area contributed by atoms with Crippen LogP contribution in [0.15, 0.2) is 34.8 Å². The molecule has 1 aromatic rings. The van der Waals surface area contributed by atoms with Gasteiger partial charge in [-0.1, -0.05) is 28.1 Å². The lowest BCUT2D eigenvalue weighted by Crippen LogP contribution is -2.46. The Morgan fingerprint density at radius 1 is 1.22 bits per heavy atom. The lowest BCUT2D eigenvalue weighted by molar-refractivity contribution is -0.149. The third-order valence-corrected chi connectivity index (χ3v) is 3.07. The lowest BCUT2D eigenvalue weighted by Gasteiger charge is -2.13. The maximum atomic E-state index is 11.7. The van der Waals surface area contributed by atoms with Crippen LogP contribution >= 0.6 is 15.9 Å². The number of hydrogen-bond acceptors (Lipinski definition) is 4. The third-order valence-electron chi connectivity index (χ3n) is 2.58. The zero-order valence-corrected chi connectivity index (χ0v) is 14.7. The number of ether oxygens (including phenoxy) is 1. The molecular weight excluding hydrogens is 364 g/mol. The van der Waals surface area contributed by atoms with Crippen LogP contribution in [0, 0.1) is 0 Å². The van der Waals surface area contributed by atoms with Crippen molar-refractivity contribution in [2.45, 2.75) is 32.9 Å². The maximum Gasteiger partial charge on any atom is 0.331 e. The highest BCUT2D eigenvalue weighted by atomic mass is 79.9. The number of urea groups is 1. The molecule has 3 amide bonds. The van der Waals surface area contributed by atoms with Crippen LogP contribution in [-0.4, -0.2) is 30.1 Å². The van der Waals surface area contributed by atoms with Gasteiger partial charge in [0.05, 0.1) is 0 Å². The Hall–Kier alpha value is -2.15. The molecule has 1 atom stereocenters. The summed E-state index contributed by atoms with van der Waals surface area (Å²) < 4.78 is 5.83. The summed E-state index contributed by atoms with van der Waals surface area (Å²) in [5, 5.41) is 4.61. The third kappa shape index (κ3) is 7.60. The highest BCUT2D eigenvalue weighted by Crippen LogP contribution is 2.12. The molecule has 124 valence electrons. The van der Waals surface area contributed by atoms with Gasteiger partial charge >= 0.3 is 12.0 Å². The molecule has 23 heavy (non-hydrogen) atoms. The molecule has 0 aliphatic rings. The van der Waals surface area contributed by atoms with E-state index in [-0.39, 0.29) is 6.04 Å². The standard InChI is InChI=1S/C16H19BrN2O4/c1-10(2)18-16(22)19-15(21)11(3)23-14(20)8-7-12-5-4-6-13(17)9-12/h4-11H,1-3H3,(H2,18,19,21,22)/b8-7+/t11-/m1/s1. The van der Waals surface area contributed by atoms with Crippen molar-refractivity contribution in [1.82, 2.24) is 10.6 Å². The van der Waals surface area contributed by atoms with E-state index in [9.17, 15) is 14.4 Å². The SMILES string of the molecule is CC(C)NC(=O)NC(=O)[C@@H](C)OC(=O)/C=C/c1cccc(Br)c1. The summed E-state index contributed by atoms with van der Waals surface area (Å²) in [7, 11) is 0. The number of rotatable bonds is 5. The Kier molecular flexibility index (Phi) is 7.47. The Bertz CT molecular complexity index is 614. The largest absolute Gasteiger partial charge is 0.449 e. The van der Waals surface area contributed by atoms with Gasteiger partial charge in [-0.3, -0.25) is 10.1 Å². The molecule has 0 saturated carbocycles. The molecular formula is C16H19BrN2O4. The van der Waals surface area contributed by atoms with E-state index in [2.05, 4.69) is 26.6 Å². The minimum Gasteiger partial charge on any atom is -0.449 e. The predicted molar refractivity (Wildman–Crippen MR) is 90.5 cm³/mol. The van der Waals surface area contributed by atoms with Gasteiger partial charge in [0.1, 0.15) is 0 Å². The van der Waals surface area contributed by atoms with E-state index in [4.69, 9.17) is 4.74 Å². The molecule has 0 saturated heterocycles. The first-order valence-electron chi connectivity index (χ1n) is 7.03. The number of benzene rings is 1. The summed E-state index contributed by atoms with van der Waals surface area (Å²) in [5.74, 6) is -1.36. The maximum absolute atomic E-state index is 11.7. The molecule has 0 spiro atoms. The average molecular weight is 383 g/mol. The van der Waals surface area contributed by atoms with Crippen LogP contribution in [0.1, 0.15) is 26.3 Å². The molecule has 1 rings (SSSR count). The second-order valence-electron chi connectivity index (χ2n) is 5.08. The van der Waals surface area contributed by atoms with Crippen molar-refractivity contribution in [1.29, 1.82) is 0 Å². The molecule has 0 bridgehead atoms.